The molecule has 2 rings (SSSR count). The van der Waals surface area contributed by atoms with Gasteiger partial charge in [0.15, 0.2) is 0 Å². The standard InChI is InChI=1S/C13H18N2O/c1-14-11-8-6-10(7-9-11)13(16)15(2)12-4-3-5-12/h6-9,12,14H,3-5H2,1-2H3. The summed E-state index contributed by atoms with van der Waals surface area (Å²) in [5.74, 6) is 0.132. The fraction of sp³-hybridized carbons (Fsp3) is 0.462. The van der Waals surface area contributed by atoms with Crippen LogP contribution in [0.4, 0.5) is 5.69 Å². The Bertz CT molecular complexity index is 368. The molecule has 16 heavy (non-hydrogen) atoms. The maximum Gasteiger partial charge on any atom is 0.253 e. The topological polar surface area (TPSA) is 32.3 Å². The number of carbonyl (C=O) groups excluding carboxylic acids is 1. The average molecular weight is 218 g/mol. The van der Waals surface area contributed by atoms with Gasteiger partial charge in [0.2, 0.25) is 0 Å². The Balaban J connectivity index is 2.07. The minimum absolute atomic E-state index is 0.132. The number of amides is 1. The second kappa shape index (κ2) is 4.56. The van der Waals surface area contributed by atoms with E-state index in [9.17, 15) is 4.79 Å². The van der Waals surface area contributed by atoms with E-state index in [1.54, 1.807) is 0 Å². The van der Waals surface area contributed by atoms with Gasteiger partial charge >= 0.3 is 0 Å². The van der Waals surface area contributed by atoms with Crippen molar-refractivity contribution in [2.45, 2.75) is 25.3 Å². The number of rotatable bonds is 3. The lowest BCUT2D eigenvalue weighted by Crippen LogP contribution is -2.41. The van der Waals surface area contributed by atoms with Crippen molar-refractivity contribution in [3.8, 4) is 0 Å². The van der Waals surface area contributed by atoms with Gasteiger partial charge in [0.05, 0.1) is 0 Å². The third-order valence-electron chi connectivity index (χ3n) is 3.36. The Hall–Kier alpha value is -1.51. The van der Waals surface area contributed by atoms with Crippen LogP contribution in [0.2, 0.25) is 0 Å². The summed E-state index contributed by atoms with van der Waals surface area (Å²) >= 11 is 0. The first-order chi connectivity index (χ1) is 7.72. The minimum atomic E-state index is 0.132. The molecule has 0 saturated heterocycles. The molecule has 1 aliphatic carbocycles. The fourth-order valence-corrected chi connectivity index (χ4v) is 1.92. The first-order valence-electron chi connectivity index (χ1n) is 5.77. The summed E-state index contributed by atoms with van der Waals surface area (Å²) in [6.45, 7) is 0. The molecule has 1 aliphatic rings. The fourth-order valence-electron chi connectivity index (χ4n) is 1.92. The molecule has 0 aromatic heterocycles. The second-order valence-electron chi connectivity index (χ2n) is 4.33. The number of carbonyl (C=O) groups is 1. The van der Waals surface area contributed by atoms with Crippen LogP contribution in [-0.2, 0) is 0 Å². The molecule has 1 aromatic carbocycles. The molecule has 0 spiro atoms. The van der Waals surface area contributed by atoms with Gasteiger partial charge in [-0.3, -0.25) is 4.79 Å². The molecular formula is C13H18N2O. The van der Waals surface area contributed by atoms with E-state index in [0.29, 0.717) is 6.04 Å². The summed E-state index contributed by atoms with van der Waals surface area (Å²) in [5.41, 5.74) is 1.80. The molecule has 3 nitrogen and oxygen atoms in total. The molecule has 1 fully saturated rings. The normalized spacial score (nSPS) is 15.4. The Kier molecular flexibility index (Phi) is 3.13. The highest BCUT2D eigenvalue weighted by Gasteiger charge is 2.26. The van der Waals surface area contributed by atoms with Crippen molar-refractivity contribution in [3.05, 3.63) is 29.8 Å². The summed E-state index contributed by atoms with van der Waals surface area (Å²) in [6.07, 6.45) is 3.55. The van der Waals surface area contributed by atoms with Crippen LogP contribution in [0.25, 0.3) is 0 Å². The number of nitrogens with zero attached hydrogens (tertiary/aromatic N) is 1. The quantitative estimate of drug-likeness (QED) is 0.844. The lowest BCUT2D eigenvalue weighted by Gasteiger charge is -2.34. The predicted octanol–water partition coefficient (Wildman–Crippen LogP) is 2.35. The third kappa shape index (κ3) is 2.03. The molecule has 3 heteroatoms. The maximum absolute atomic E-state index is 12.1. The van der Waals surface area contributed by atoms with Gasteiger partial charge in [0, 0.05) is 31.4 Å². The van der Waals surface area contributed by atoms with Gasteiger partial charge in [0.25, 0.3) is 5.91 Å². The van der Waals surface area contributed by atoms with E-state index >= 15 is 0 Å². The molecule has 1 aromatic rings. The number of hydrogen-bond acceptors (Lipinski definition) is 2. The molecule has 0 unspecified atom stereocenters. The van der Waals surface area contributed by atoms with E-state index in [0.717, 1.165) is 24.1 Å². The van der Waals surface area contributed by atoms with Crippen molar-refractivity contribution < 1.29 is 4.79 Å². The maximum atomic E-state index is 12.1. The van der Waals surface area contributed by atoms with Gasteiger partial charge in [-0.15, -0.1) is 0 Å². The number of hydrogen-bond donors (Lipinski definition) is 1. The van der Waals surface area contributed by atoms with E-state index in [4.69, 9.17) is 0 Å². The van der Waals surface area contributed by atoms with Crippen molar-refractivity contribution >= 4 is 11.6 Å². The Morgan fingerprint density at radius 3 is 2.38 bits per heavy atom. The lowest BCUT2D eigenvalue weighted by atomic mass is 9.91. The Labute approximate surface area is 96.5 Å². The molecular weight excluding hydrogens is 200 g/mol. The molecule has 0 bridgehead atoms. The van der Waals surface area contributed by atoms with Crippen molar-refractivity contribution in [1.82, 2.24) is 4.90 Å². The third-order valence-corrected chi connectivity index (χ3v) is 3.36. The number of anilines is 1. The predicted molar refractivity (Wildman–Crippen MR) is 65.7 cm³/mol. The molecule has 0 heterocycles. The van der Waals surface area contributed by atoms with Crippen LogP contribution in [-0.4, -0.2) is 30.9 Å². The monoisotopic (exact) mass is 218 g/mol. The molecule has 86 valence electrons. The highest BCUT2D eigenvalue weighted by Crippen LogP contribution is 2.25. The van der Waals surface area contributed by atoms with Crippen LogP contribution in [0.3, 0.4) is 0 Å². The summed E-state index contributed by atoms with van der Waals surface area (Å²) in [4.78, 5) is 14.0. The van der Waals surface area contributed by atoms with Crippen molar-refractivity contribution in [3.63, 3.8) is 0 Å². The Morgan fingerprint density at radius 1 is 1.31 bits per heavy atom. The van der Waals surface area contributed by atoms with Crippen LogP contribution < -0.4 is 5.32 Å². The van der Waals surface area contributed by atoms with Crippen molar-refractivity contribution in [2.24, 2.45) is 0 Å². The van der Waals surface area contributed by atoms with Crippen LogP contribution in [0.15, 0.2) is 24.3 Å². The summed E-state index contributed by atoms with van der Waals surface area (Å²) in [5, 5.41) is 3.04. The highest BCUT2D eigenvalue weighted by atomic mass is 16.2. The van der Waals surface area contributed by atoms with Crippen LogP contribution in [0, 0.1) is 0 Å². The summed E-state index contributed by atoms with van der Waals surface area (Å²) < 4.78 is 0. The smallest absolute Gasteiger partial charge is 0.253 e. The van der Waals surface area contributed by atoms with E-state index in [1.807, 2.05) is 43.3 Å². The van der Waals surface area contributed by atoms with Gasteiger partial charge in [0.1, 0.15) is 0 Å². The van der Waals surface area contributed by atoms with Crippen molar-refractivity contribution in [1.29, 1.82) is 0 Å². The SMILES string of the molecule is CNc1ccc(C(=O)N(C)C2CCC2)cc1. The van der Waals surface area contributed by atoms with E-state index in [1.165, 1.54) is 6.42 Å². The first-order valence-corrected chi connectivity index (χ1v) is 5.77. The molecule has 0 atom stereocenters. The van der Waals surface area contributed by atoms with E-state index < -0.39 is 0 Å². The minimum Gasteiger partial charge on any atom is -0.388 e. The Morgan fingerprint density at radius 2 is 1.94 bits per heavy atom. The van der Waals surface area contributed by atoms with E-state index in [2.05, 4.69) is 5.32 Å². The number of benzene rings is 1. The summed E-state index contributed by atoms with van der Waals surface area (Å²) in [6, 6.07) is 8.08. The number of nitrogens with one attached hydrogen (secondary N) is 1. The van der Waals surface area contributed by atoms with Gasteiger partial charge in [-0.25, -0.2) is 0 Å². The first kappa shape index (κ1) is 11.0. The summed E-state index contributed by atoms with van der Waals surface area (Å²) in [7, 11) is 3.77. The zero-order valence-electron chi connectivity index (χ0n) is 9.86. The van der Waals surface area contributed by atoms with Gasteiger partial charge in [-0.1, -0.05) is 0 Å². The lowest BCUT2D eigenvalue weighted by molar-refractivity contribution is 0.0652. The second-order valence-corrected chi connectivity index (χ2v) is 4.33. The molecule has 1 amide bonds. The van der Waals surface area contributed by atoms with Gasteiger partial charge in [-0.05, 0) is 43.5 Å². The molecule has 1 saturated carbocycles. The molecule has 0 radical (unpaired) electrons. The van der Waals surface area contributed by atoms with Gasteiger partial charge in [-0.2, -0.15) is 0 Å². The van der Waals surface area contributed by atoms with Crippen molar-refractivity contribution in [2.75, 3.05) is 19.4 Å². The highest BCUT2D eigenvalue weighted by molar-refractivity contribution is 5.94. The van der Waals surface area contributed by atoms with E-state index in [-0.39, 0.29) is 5.91 Å². The average Bonchev–Trinajstić information content (AvgIpc) is 2.26. The largest absolute Gasteiger partial charge is 0.388 e. The zero-order chi connectivity index (χ0) is 11.5. The van der Waals surface area contributed by atoms with Crippen LogP contribution in [0.1, 0.15) is 29.6 Å². The van der Waals surface area contributed by atoms with Gasteiger partial charge < -0.3 is 10.2 Å². The van der Waals surface area contributed by atoms with Crippen LogP contribution in [0.5, 0.6) is 0 Å². The molecule has 0 aliphatic heterocycles. The molecule has 1 N–H and O–H groups in total. The zero-order valence-corrected chi connectivity index (χ0v) is 9.86. The van der Waals surface area contributed by atoms with Crippen LogP contribution >= 0.6 is 0 Å².